The number of carbonyl (C=O) groups excluding carboxylic acids is 1. The predicted octanol–water partition coefficient (Wildman–Crippen LogP) is 6.81. The van der Waals surface area contributed by atoms with Crippen molar-refractivity contribution in [3.05, 3.63) is 77.5 Å². The zero-order valence-electron chi connectivity index (χ0n) is 23.3. The molecule has 5 heteroatoms. The maximum absolute atomic E-state index is 13.0. The van der Waals surface area contributed by atoms with E-state index in [-0.39, 0.29) is 11.8 Å². The molecule has 202 valence electrons. The fourth-order valence-corrected chi connectivity index (χ4v) is 6.39. The Hall–Kier alpha value is -3.15. The summed E-state index contributed by atoms with van der Waals surface area (Å²) in [7, 11) is 0. The molecule has 5 atom stereocenters. The van der Waals surface area contributed by atoms with Crippen molar-refractivity contribution in [2.75, 3.05) is 26.4 Å². The number of ketones is 1. The third-order valence-corrected chi connectivity index (χ3v) is 8.85. The summed E-state index contributed by atoms with van der Waals surface area (Å²) in [4.78, 5) is 22.8. The minimum absolute atomic E-state index is 0.0453. The number of aliphatic imine (C=N–C) groups is 2. The Morgan fingerprint density at radius 2 is 1.67 bits per heavy atom. The molecule has 5 nitrogen and oxygen atoms in total. The highest BCUT2D eigenvalue weighted by atomic mass is 16.5. The molecule has 2 aromatic carbocycles. The number of carbonyl (C=O) groups is 1. The number of Topliss-reactive ketones (excluding diaryl/α,β-unsaturated/α-hetero) is 1. The summed E-state index contributed by atoms with van der Waals surface area (Å²) in [6.45, 7) is 14.2. The number of rotatable bonds is 6. The van der Waals surface area contributed by atoms with E-state index in [4.69, 9.17) is 14.5 Å². The first kappa shape index (κ1) is 26.1. The smallest absolute Gasteiger partial charge is 0.209 e. The molecular weight excluding hydrogens is 484 g/mol. The van der Waals surface area contributed by atoms with Crippen LogP contribution in [0.1, 0.15) is 61.5 Å². The van der Waals surface area contributed by atoms with Crippen molar-refractivity contribution in [2.24, 2.45) is 33.7 Å². The first-order valence-corrected chi connectivity index (χ1v) is 14.5. The van der Waals surface area contributed by atoms with Gasteiger partial charge in [0.25, 0.3) is 0 Å². The maximum Gasteiger partial charge on any atom is 0.209 e. The molecule has 2 aromatic rings. The largest absolute Gasteiger partial charge is 0.381 e. The molecule has 0 aromatic heterocycles. The van der Waals surface area contributed by atoms with Crippen LogP contribution in [0, 0.1) is 23.7 Å². The minimum atomic E-state index is 0.0453. The van der Waals surface area contributed by atoms with Gasteiger partial charge < -0.3 is 9.47 Å². The third kappa shape index (κ3) is 5.10. The van der Waals surface area contributed by atoms with E-state index in [0.717, 1.165) is 79.4 Å². The average molecular weight is 523 g/mol. The number of allylic oxidation sites excluding steroid dienone is 3. The zero-order chi connectivity index (χ0) is 27.1. The first-order chi connectivity index (χ1) is 18.9. The lowest BCUT2D eigenvalue weighted by Crippen LogP contribution is -2.33. The molecule has 4 aliphatic rings. The van der Waals surface area contributed by atoms with E-state index in [1.165, 1.54) is 5.56 Å². The van der Waals surface area contributed by atoms with Crippen LogP contribution in [0.4, 0.5) is 0 Å². The van der Waals surface area contributed by atoms with Gasteiger partial charge >= 0.3 is 0 Å². The van der Waals surface area contributed by atoms with Gasteiger partial charge in [-0.05, 0) is 71.6 Å². The highest BCUT2D eigenvalue weighted by Gasteiger charge is 2.34. The van der Waals surface area contributed by atoms with Gasteiger partial charge in [0.05, 0.1) is 11.8 Å². The molecule has 0 aliphatic carbocycles. The van der Waals surface area contributed by atoms with Gasteiger partial charge in [-0.1, -0.05) is 57.7 Å². The molecule has 2 fully saturated rings. The molecule has 39 heavy (non-hydrogen) atoms. The highest BCUT2D eigenvalue weighted by Crippen LogP contribution is 2.39. The molecule has 4 aliphatic heterocycles. The topological polar surface area (TPSA) is 60.2 Å². The van der Waals surface area contributed by atoms with Gasteiger partial charge in [0, 0.05) is 55.1 Å². The van der Waals surface area contributed by atoms with Gasteiger partial charge in [-0.2, -0.15) is 0 Å². The van der Waals surface area contributed by atoms with Crippen molar-refractivity contribution in [1.29, 1.82) is 0 Å². The van der Waals surface area contributed by atoms with Crippen molar-refractivity contribution in [3.8, 4) is 11.1 Å². The van der Waals surface area contributed by atoms with Crippen LogP contribution < -0.4 is 0 Å². The van der Waals surface area contributed by atoms with E-state index in [0.29, 0.717) is 34.9 Å². The van der Waals surface area contributed by atoms with Crippen LogP contribution in [0.3, 0.4) is 0 Å². The number of ether oxygens (including phenoxy) is 2. The van der Waals surface area contributed by atoms with Crippen molar-refractivity contribution in [2.45, 2.75) is 46.1 Å². The van der Waals surface area contributed by atoms with Gasteiger partial charge in [-0.25, -0.2) is 0 Å². The summed E-state index contributed by atoms with van der Waals surface area (Å²) < 4.78 is 11.6. The molecule has 2 saturated heterocycles. The fourth-order valence-electron chi connectivity index (χ4n) is 6.39. The van der Waals surface area contributed by atoms with Gasteiger partial charge in [-0.3, -0.25) is 14.8 Å². The third-order valence-electron chi connectivity index (χ3n) is 8.85. The average Bonchev–Trinajstić information content (AvgIpc) is 3.77. The number of hydrogen-bond acceptors (Lipinski definition) is 5. The summed E-state index contributed by atoms with van der Waals surface area (Å²) in [6, 6.07) is 14.6. The van der Waals surface area contributed by atoms with Gasteiger partial charge in [-0.15, -0.1) is 0 Å². The molecule has 0 bridgehead atoms. The Kier molecular flexibility index (Phi) is 7.22. The molecule has 0 saturated carbocycles. The second-order valence-electron chi connectivity index (χ2n) is 11.6. The monoisotopic (exact) mass is 522 g/mol. The summed E-state index contributed by atoms with van der Waals surface area (Å²) >= 11 is 0. The van der Waals surface area contributed by atoms with E-state index in [1.807, 2.05) is 18.2 Å². The lowest BCUT2D eigenvalue weighted by atomic mass is 9.80. The van der Waals surface area contributed by atoms with Crippen LogP contribution in [0.5, 0.6) is 0 Å². The van der Waals surface area contributed by atoms with Crippen LogP contribution in [0.15, 0.2) is 70.8 Å². The highest BCUT2D eigenvalue weighted by molar-refractivity contribution is 6.52. The molecule has 0 spiro atoms. The van der Waals surface area contributed by atoms with E-state index in [2.05, 4.69) is 62.7 Å². The number of hydrogen-bond donors (Lipinski definition) is 0. The Morgan fingerprint density at radius 3 is 2.36 bits per heavy atom. The van der Waals surface area contributed by atoms with Crippen molar-refractivity contribution in [3.63, 3.8) is 0 Å². The predicted molar refractivity (Wildman–Crippen MR) is 158 cm³/mol. The van der Waals surface area contributed by atoms with E-state index in [1.54, 1.807) is 0 Å². The number of nitrogens with zero attached hydrogens (tertiary/aromatic N) is 2. The Bertz CT molecular complexity index is 1400. The molecule has 3 unspecified atom stereocenters. The molecule has 6 rings (SSSR count). The van der Waals surface area contributed by atoms with Crippen LogP contribution in [-0.2, 0) is 9.47 Å². The van der Waals surface area contributed by atoms with Crippen molar-refractivity contribution in [1.82, 2.24) is 0 Å². The normalized spacial score (nSPS) is 28.5. The van der Waals surface area contributed by atoms with Crippen molar-refractivity contribution >= 4 is 22.8 Å². The zero-order valence-corrected chi connectivity index (χ0v) is 23.3. The van der Waals surface area contributed by atoms with Gasteiger partial charge in [0.15, 0.2) is 0 Å². The second-order valence-corrected chi connectivity index (χ2v) is 11.6. The summed E-state index contributed by atoms with van der Waals surface area (Å²) in [5, 5.41) is 0. The van der Waals surface area contributed by atoms with Crippen LogP contribution in [0.2, 0.25) is 0 Å². The Labute approximate surface area is 231 Å². The van der Waals surface area contributed by atoms with Gasteiger partial charge in [0.1, 0.15) is 5.71 Å². The van der Waals surface area contributed by atoms with E-state index < -0.39 is 0 Å². The number of benzene rings is 2. The Morgan fingerprint density at radius 1 is 0.949 bits per heavy atom. The Balaban J connectivity index is 1.40. The summed E-state index contributed by atoms with van der Waals surface area (Å²) in [5.74, 6) is 1.54. The quantitative estimate of drug-likeness (QED) is 0.391. The van der Waals surface area contributed by atoms with Crippen LogP contribution >= 0.6 is 0 Å². The molecule has 0 N–H and O–H groups in total. The fraction of sp³-hybridized carbons (Fsp3) is 0.441. The van der Waals surface area contributed by atoms with Crippen LogP contribution in [0.25, 0.3) is 16.7 Å². The van der Waals surface area contributed by atoms with Crippen molar-refractivity contribution < 1.29 is 14.3 Å². The summed E-state index contributed by atoms with van der Waals surface area (Å²) in [6.07, 6.45) is 5.04. The van der Waals surface area contributed by atoms with Crippen LogP contribution in [-0.4, -0.2) is 49.7 Å². The first-order valence-electron chi connectivity index (χ1n) is 14.5. The number of fused-ring (bicyclic) bond motifs is 1. The van der Waals surface area contributed by atoms with E-state index >= 15 is 0 Å². The second kappa shape index (κ2) is 10.8. The standard InChI is InChI=1S/C34H38N2O3/c1-5-30-33(35-30)34(37)25-8-6-7-23(16-25)24-9-10-28-29(17-24)20(2)15-31(26-11-13-38-18-21(26)3)36-32(28)27-12-14-39-19-22(27)4/h6-10,15-17,21-22,26-27,30H,2,5,11-14,18-19H2,1,3-4H3/t21-,22-,26?,27?,30?/m0/s1. The molecule has 0 radical (unpaired) electrons. The van der Waals surface area contributed by atoms with Gasteiger partial charge in [0.2, 0.25) is 5.78 Å². The minimum Gasteiger partial charge on any atom is -0.381 e. The molecule has 0 amide bonds. The maximum atomic E-state index is 13.0. The summed E-state index contributed by atoms with van der Waals surface area (Å²) in [5.41, 5.74) is 9.07. The molecular formula is C34H38N2O3. The molecule has 4 heterocycles. The SMILES string of the molecule is C=C1C=C(C2CCOC[C@@H]2C)N=C(C2CCOC[C@@H]2C)c2ccc(-c3cccc(C(=O)C4=NC4CC)c3)cc21. The lowest BCUT2D eigenvalue weighted by molar-refractivity contribution is 0.0348. The van der Waals surface area contributed by atoms with E-state index in [9.17, 15) is 4.79 Å². The lowest BCUT2D eigenvalue weighted by Gasteiger charge is -2.32.